The van der Waals surface area contributed by atoms with Crippen LogP contribution >= 0.6 is 0 Å². The second kappa shape index (κ2) is 10.5. The number of aryl methyl sites for hydroxylation is 1. The van der Waals surface area contributed by atoms with E-state index in [1.165, 1.54) is 0 Å². The van der Waals surface area contributed by atoms with E-state index in [-0.39, 0.29) is 6.04 Å². The summed E-state index contributed by atoms with van der Waals surface area (Å²) in [7, 11) is 3.35. The molecule has 8 heteroatoms. The first kappa shape index (κ1) is 22.2. The number of ether oxygens (including phenoxy) is 2. The van der Waals surface area contributed by atoms with Gasteiger partial charge in [-0.05, 0) is 28.8 Å². The topological polar surface area (TPSA) is 68.5 Å². The normalized spacial score (nSPS) is 16.6. The van der Waals surface area contributed by atoms with Gasteiger partial charge in [-0.25, -0.2) is 4.68 Å². The van der Waals surface area contributed by atoms with Gasteiger partial charge in [0.1, 0.15) is 6.04 Å². The molecule has 2 heterocycles. The van der Waals surface area contributed by atoms with Gasteiger partial charge in [-0.15, -0.1) is 11.7 Å². The Hall–Kier alpha value is -2.45. The number of rotatable bonds is 10. The SMILES string of the molecule is C=CCN1CCN([C@@H](c2cccc(OC)c2OC)c2nnnn2CCC(C)C)CC1. The monoisotopic (exact) mass is 414 g/mol. The standard InChI is InChI=1S/C22H34N6O2/c1-6-11-26-13-15-27(16-14-26)20(18-8-7-9-19(29-4)21(18)30-5)22-23-24-25-28(22)12-10-17(2)3/h6-9,17,20H,1,10-16H2,2-5H3/t20-/m0/s1. The Morgan fingerprint density at radius 3 is 2.53 bits per heavy atom. The molecule has 0 aliphatic carbocycles. The van der Waals surface area contributed by atoms with Gasteiger partial charge in [0.25, 0.3) is 0 Å². The van der Waals surface area contributed by atoms with Crippen LogP contribution in [-0.4, -0.2) is 77.0 Å². The quantitative estimate of drug-likeness (QED) is 0.554. The van der Waals surface area contributed by atoms with E-state index in [2.05, 4.69) is 51.8 Å². The maximum absolute atomic E-state index is 5.78. The van der Waals surface area contributed by atoms with Crippen molar-refractivity contribution in [3.8, 4) is 11.5 Å². The summed E-state index contributed by atoms with van der Waals surface area (Å²) < 4.78 is 13.3. The van der Waals surface area contributed by atoms with Gasteiger partial charge >= 0.3 is 0 Å². The fourth-order valence-corrected chi connectivity index (χ4v) is 3.96. The number of hydrogen-bond donors (Lipinski definition) is 0. The molecule has 1 aromatic heterocycles. The van der Waals surface area contributed by atoms with Crippen molar-refractivity contribution in [3.05, 3.63) is 42.2 Å². The van der Waals surface area contributed by atoms with Gasteiger partial charge in [-0.3, -0.25) is 9.80 Å². The molecule has 3 rings (SSSR count). The van der Waals surface area contributed by atoms with Crippen molar-refractivity contribution in [1.82, 2.24) is 30.0 Å². The van der Waals surface area contributed by atoms with Crippen LogP contribution < -0.4 is 9.47 Å². The molecular weight excluding hydrogens is 380 g/mol. The van der Waals surface area contributed by atoms with Crippen LogP contribution in [0.5, 0.6) is 11.5 Å². The predicted octanol–water partition coefficient (Wildman–Crippen LogP) is 2.63. The highest BCUT2D eigenvalue weighted by atomic mass is 16.5. The highest BCUT2D eigenvalue weighted by Gasteiger charge is 2.33. The van der Waals surface area contributed by atoms with E-state index in [0.29, 0.717) is 11.7 Å². The van der Waals surface area contributed by atoms with Crippen LogP contribution in [0, 0.1) is 5.92 Å². The predicted molar refractivity (Wildman–Crippen MR) is 117 cm³/mol. The molecule has 30 heavy (non-hydrogen) atoms. The molecule has 1 aromatic carbocycles. The van der Waals surface area contributed by atoms with E-state index >= 15 is 0 Å². The summed E-state index contributed by atoms with van der Waals surface area (Å²) in [6.45, 7) is 13.8. The lowest BCUT2D eigenvalue weighted by atomic mass is 10.0. The first-order valence-corrected chi connectivity index (χ1v) is 10.6. The van der Waals surface area contributed by atoms with Crippen LogP contribution in [0.25, 0.3) is 0 Å². The van der Waals surface area contributed by atoms with Gasteiger partial charge in [0.05, 0.1) is 14.2 Å². The number of tetrazole rings is 1. The molecule has 0 bridgehead atoms. The molecule has 1 atom stereocenters. The molecule has 1 aliphatic heterocycles. The summed E-state index contributed by atoms with van der Waals surface area (Å²) in [5.74, 6) is 2.87. The van der Waals surface area contributed by atoms with E-state index in [4.69, 9.17) is 9.47 Å². The Morgan fingerprint density at radius 1 is 1.13 bits per heavy atom. The summed E-state index contributed by atoms with van der Waals surface area (Å²) in [5.41, 5.74) is 1.02. The van der Waals surface area contributed by atoms with Crippen LogP contribution in [0.15, 0.2) is 30.9 Å². The molecule has 164 valence electrons. The van der Waals surface area contributed by atoms with Gasteiger partial charge in [0.15, 0.2) is 17.3 Å². The molecule has 0 spiro atoms. The highest BCUT2D eigenvalue weighted by molar-refractivity contribution is 5.49. The van der Waals surface area contributed by atoms with Crippen molar-refractivity contribution in [2.45, 2.75) is 32.9 Å². The van der Waals surface area contributed by atoms with Crippen LogP contribution in [-0.2, 0) is 6.54 Å². The van der Waals surface area contributed by atoms with Crippen molar-refractivity contribution in [2.75, 3.05) is 46.9 Å². The molecule has 0 unspecified atom stereocenters. The number of aromatic nitrogens is 4. The third kappa shape index (κ3) is 4.99. The minimum absolute atomic E-state index is 0.108. The Kier molecular flexibility index (Phi) is 7.81. The van der Waals surface area contributed by atoms with Gasteiger partial charge in [-0.2, -0.15) is 0 Å². The van der Waals surface area contributed by atoms with Crippen LogP contribution in [0.3, 0.4) is 0 Å². The number of nitrogens with zero attached hydrogens (tertiary/aromatic N) is 6. The summed E-state index contributed by atoms with van der Waals surface area (Å²) >= 11 is 0. The number of piperazine rings is 1. The maximum atomic E-state index is 5.78. The first-order chi connectivity index (χ1) is 14.6. The summed E-state index contributed by atoms with van der Waals surface area (Å²) in [5, 5.41) is 12.8. The van der Waals surface area contributed by atoms with Gasteiger partial charge in [-0.1, -0.05) is 32.1 Å². The van der Waals surface area contributed by atoms with Gasteiger partial charge in [0, 0.05) is 44.8 Å². The Bertz CT molecular complexity index is 814. The van der Waals surface area contributed by atoms with Gasteiger partial charge in [0.2, 0.25) is 0 Å². The van der Waals surface area contributed by atoms with Crippen molar-refractivity contribution in [2.24, 2.45) is 5.92 Å². The molecule has 2 aromatic rings. The zero-order chi connectivity index (χ0) is 21.5. The molecule has 8 nitrogen and oxygen atoms in total. The van der Waals surface area contributed by atoms with E-state index in [9.17, 15) is 0 Å². The average molecular weight is 415 g/mol. The Labute approximate surface area is 179 Å². The third-order valence-electron chi connectivity index (χ3n) is 5.61. The Balaban J connectivity index is 1.99. The van der Waals surface area contributed by atoms with Gasteiger partial charge < -0.3 is 9.47 Å². The lowest BCUT2D eigenvalue weighted by Gasteiger charge is -2.39. The van der Waals surface area contributed by atoms with Crippen LogP contribution in [0.1, 0.15) is 37.7 Å². The van der Waals surface area contributed by atoms with Crippen molar-refractivity contribution < 1.29 is 9.47 Å². The molecule has 1 fully saturated rings. The summed E-state index contributed by atoms with van der Waals surface area (Å²) in [4.78, 5) is 4.85. The number of para-hydroxylation sites is 1. The molecule has 1 saturated heterocycles. The minimum atomic E-state index is -0.108. The maximum Gasteiger partial charge on any atom is 0.173 e. The minimum Gasteiger partial charge on any atom is -0.493 e. The fraction of sp³-hybridized carbons (Fsp3) is 0.591. The Morgan fingerprint density at radius 2 is 1.90 bits per heavy atom. The smallest absolute Gasteiger partial charge is 0.173 e. The number of hydrogen-bond acceptors (Lipinski definition) is 7. The van der Waals surface area contributed by atoms with E-state index in [1.807, 2.05) is 22.9 Å². The first-order valence-electron chi connectivity index (χ1n) is 10.6. The lowest BCUT2D eigenvalue weighted by molar-refractivity contribution is 0.111. The van der Waals surface area contributed by atoms with Crippen molar-refractivity contribution in [3.63, 3.8) is 0 Å². The molecule has 0 radical (unpaired) electrons. The van der Waals surface area contributed by atoms with E-state index < -0.39 is 0 Å². The summed E-state index contributed by atoms with van der Waals surface area (Å²) in [6.07, 6.45) is 2.98. The highest BCUT2D eigenvalue weighted by Crippen LogP contribution is 2.39. The van der Waals surface area contributed by atoms with Crippen molar-refractivity contribution in [1.29, 1.82) is 0 Å². The number of benzene rings is 1. The fourth-order valence-electron chi connectivity index (χ4n) is 3.96. The molecule has 0 saturated carbocycles. The third-order valence-corrected chi connectivity index (χ3v) is 5.61. The van der Waals surface area contributed by atoms with Crippen LogP contribution in [0.2, 0.25) is 0 Å². The summed E-state index contributed by atoms with van der Waals surface area (Å²) in [6, 6.07) is 5.90. The second-order valence-electron chi connectivity index (χ2n) is 8.05. The number of methoxy groups -OCH3 is 2. The molecular formula is C22H34N6O2. The zero-order valence-electron chi connectivity index (χ0n) is 18.6. The molecule has 0 amide bonds. The largest absolute Gasteiger partial charge is 0.493 e. The van der Waals surface area contributed by atoms with E-state index in [0.717, 1.165) is 62.8 Å². The lowest BCUT2D eigenvalue weighted by Crippen LogP contribution is -2.48. The average Bonchev–Trinajstić information content (AvgIpc) is 3.21. The molecule has 0 N–H and O–H groups in total. The van der Waals surface area contributed by atoms with Crippen LogP contribution in [0.4, 0.5) is 0 Å². The zero-order valence-corrected chi connectivity index (χ0v) is 18.6. The molecule has 1 aliphatic rings. The van der Waals surface area contributed by atoms with E-state index in [1.54, 1.807) is 14.2 Å². The second-order valence-corrected chi connectivity index (χ2v) is 8.05. The van der Waals surface area contributed by atoms with Crippen molar-refractivity contribution >= 4 is 0 Å².